The van der Waals surface area contributed by atoms with Gasteiger partial charge in [0, 0.05) is 38.8 Å². The second-order valence-electron chi connectivity index (χ2n) is 6.35. The van der Waals surface area contributed by atoms with Crippen LogP contribution in [-0.2, 0) is 6.54 Å². The molecule has 0 bridgehead atoms. The Bertz CT molecular complexity index is 708. The number of rotatable bonds is 5. The Labute approximate surface area is 148 Å². The highest BCUT2D eigenvalue weighted by Crippen LogP contribution is 2.14. The summed E-state index contributed by atoms with van der Waals surface area (Å²) in [6, 6.07) is 9.91. The van der Waals surface area contributed by atoms with Crippen molar-refractivity contribution in [3.8, 4) is 0 Å². The molecule has 6 nitrogen and oxygen atoms in total. The first-order chi connectivity index (χ1) is 12.2. The molecule has 25 heavy (non-hydrogen) atoms. The minimum atomic E-state index is -0.170. The number of likely N-dealkylation sites (N-methyl/N-ethyl adjacent to an activating group) is 1. The fourth-order valence-electron chi connectivity index (χ4n) is 2.92. The monoisotopic (exact) mass is 339 g/mol. The summed E-state index contributed by atoms with van der Waals surface area (Å²) in [6.45, 7) is 9.69. The van der Waals surface area contributed by atoms with Gasteiger partial charge in [0.05, 0.1) is 0 Å². The molecule has 6 heteroatoms. The van der Waals surface area contributed by atoms with E-state index in [0.717, 1.165) is 44.1 Å². The smallest absolute Gasteiger partial charge is 0.270 e. The van der Waals surface area contributed by atoms with Crippen LogP contribution in [0.3, 0.4) is 0 Å². The predicted octanol–water partition coefficient (Wildman–Crippen LogP) is 1.86. The van der Waals surface area contributed by atoms with Gasteiger partial charge in [-0.05, 0) is 19.0 Å². The maximum Gasteiger partial charge on any atom is 0.270 e. The first kappa shape index (κ1) is 17.4. The number of carbonyl (C=O) groups excluding carboxylic acids is 1. The Hall–Kier alpha value is -2.47. The molecule has 1 amide bonds. The van der Waals surface area contributed by atoms with Gasteiger partial charge in [-0.15, -0.1) is 0 Å². The molecule has 3 rings (SSSR count). The Kier molecular flexibility index (Phi) is 5.60. The first-order valence-electron chi connectivity index (χ1n) is 8.79. The molecule has 1 aromatic carbocycles. The van der Waals surface area contributed by atoms with Gasteiger partial charge in [-0.2, -0.15) is 0 Å². The summed E-state index contributed by atoms with van der Waals surface area (Å²) in [4.78, 5) is 25.5. The highest BCUT2D eigenvalue weighted by atomic mass is 16.1. The van der Waals surface area contributed by atoms with Crippen molar-refractivity contribution in [2.75, 3.05) is 37.6 Å². The van der Waals surface area contributed by atoms with Crippen LogP contribution >= 0.6 is 0 Å². The van der Waals surface area contributed by atoms with Crippen molar-refractivity contribution in [1.82, 2.24) is 20.2 Å². The van der Waals surface area contributed by atoms with Gasteiger partial charge in [0.2, 0.25) is 0 Å². The average molecular weight is 339 g/mol. The Morgan fingerprint density at radius 1 is 1.12 bits per heavy atom. The molecule has 1 aromatic heterocycles. The topological polar surface area (TPSA) is 61.4 Å². The number of piperazine rings is 1. The number of benzene rings is 1. The van der Waals surface area contributed by atoms with Crippen molar-refractivity contribution in [1.29, 1.82) is 0 Å². The van der Waals surface area contributed by atoms with Crippen LogP contribution in [0.25, 0.3) is 0 Å². The lowest BCUT2D eigenvalue weighted by molar-refractivity contribution is 0.0945. The maximum atomic E-state index is 12.4. The van der Waals surface area contributed by atoms with Gasteiger partial charge < -0.3 is 15.1 Å². The van der Waals surface area contributed by atoms with Crippen LogP contribution in [0.2, 0.25) is 0 Å². The van der Waals surface area contributed by atoms with Gasteiger partial charge in [-0.3, -0.25) is 4.79 Å². The molecule has 0 radical (unpaired) electrons. The largest absolute Gasteiger partial charge is 0.354 e. The molecule has 1 saturated heterocycles. The molecular formula is C19H25N5O. The van der Waals surface area contributed by atoms with Gasteiger partial charge in [-0.1, -0.05) is 36.8 Å². The van der Waals surface area contributed by atoms with Crippen LogP contribution in [-0.4, -0.2) is 53.5 Å². The quantitative estimate of drug-likeness (QED) is 0.901. The van der Waals surface area contributed by atoms with Gasteiger partial charge >= 0.3 is 0 Å². The summed E-state index contributed by atoms with van der Waals surface area (Å²) in [5.74, 6) is 0.655. The van der Waals surface area contributed by atoms with Crippen LogP contribution in [0.1, 0.15) is 28.5 Å². The van der Waals surface area contributed by atoms with E-state index < -0.39 is 0 Å². The summed E-state index contributed by atoms with van der Waals surface area (Å²) in [5, 5.41) is 2.93. The standard InChI is InChI=1S/C19H25N5O/c1-3-23-8-10-24(11-9-23)18-12-17(21-14-22-18)19(25)20-13-16-6-4-15(2)5-7-16/h4-7,12,14H,3,8-11,13H2,1-2H3,(H,20,25). The summed E-state index contributed by atoms with van der Waals surface area (Å²) in [6.07, 6.45) is 1.47. The highest BCUT2D eigenvalue weighted by Gasteiger charge is 2.18. The van der Waals surface area contributed by atoms with E-state index in [9.17, 15) is 4.79 Å². The SMILES string of the molecule is CCN1CCN(c2cc(C(=O)NCc3ccc(C)cc3)ncn2)CC1. The number of aromatic nitrogens is 2. The molecule has 1 aliphatic rings. The summed E-state index contributed by atoms with van der Waals surface area (Å²) in [5.41, 5.74) is 2.69. The predicted molar refractivity (Wildman–Crippen MR) is 98.7 cm³/mol. The van der Waals surface area contributed by atoms with E-state index in [2.05, 4.69) is 32.0 Å². The van der Waals surface area contributed by atoms with Gasteiger partial charge in [0.15, 0.2) is 0 Å². The van der Waals surface area contributed by atoms with E-state index in [1.807, 2.05) is 31.2 Å². The molecular weight excluding hydrogens is 314 g/mol. The zero-order valence-electron chi connectivity index (χ0n) is 14.9. The maximum absolute atomic E-state index is 12.4. The summed E-state index contributed by atoms with van der Waals surface area (Å²) < 4.78 is 0. The minimum absolute atomic E-state index is 0.170. The average Bonchev–Trinajstić information content (AvgIpc) is 2.67. The van der Waals surface area contributed by atoms with E-state index in [1.165, 1.54) is 11.9 Å². The van der Waals surface area contributed by atoms with Crippen molar-refractivity contribution in [2.24, 2.45) is 0 Å². The van der Waals surface area contributed by atoms with Crippen molar-refractivity contribution >= 4 is 11.7 Å². The molecule has 0 saturated carbocycles. The molecule has 1 N–H and O–H groups in total. The van der Waals surface area contributed by atoms with Gasteiger partial charge in [0.1, 0.15) is 17.8 Å². The molecule has 1 aliphatic heterocycles. The molecule has 0 atom stereocenters. The zero-order valence-corrected chi connectivity index (χ0v) is 14.9. The fraction of sp³-hybridized carbons (Fsp3) is 0.421. The molecule has 0 unspecified atom stereocenters. The highest BCUT2D eigenvalue weighted by molar-refractivity contribution is 5.92. The number of nitrogens with one attached hydrogen (secondary N) is 1. The lowest BCUT2D eigenvalue weighted by Crippen LogP contribution is -2.46. The Morgan fingerprint density at radius 2 is 1.84 bits per heavy atom. The third-order valence-corrected chi connectivity index (χ3v) is 4.60. The molecule has 2 heterocycles. The van der Waals surface area contributed by atoms with Crippen LogP contribution in [0.4, 0.5) is 5.82 Å². The number of anilines is 1. The third kappa shape index (κ3) is 4.54. The van der Waals surface area contributed by atoms with Crippen LogP contribution in [0, 0.1) is 6.92 Å². The minimum Gasteiger partial charge on any atom is -0.354 e. The lowest BCUT2D eigenvalue weighted by Gasteiger charge is -2.34. The van der Waals surface area contributed by atoms with E-state index in [-0.39, 0.29) is 5.91 Å². The molecule has 2 aromatic rings. The van der Waals surface area contributed by atoms with Crippen molar-refractivity contribution in [3.63, 3.8) is 0 Å². The number of hydrogen-bond donors (Lipinski definition) is 1. The summed E-state index contributed by atoms with van der Waals surface area (Å²) >= 11 is 0. The van der Waals surface area contributed by atoms with E-state index >= 15 is 0 Å². The van der Waals surface area contributed by atoms with Crippen LogP contribution in [0.5, 0.6) is 0 Å². The Morgan fingerprint density at radius 3 is 2.52 bits per heavy atom. The van der Waals surface area contributed by atoms with Gasteiger partial charge in [0.25, 0.3) is 5.91 Å². The second kappa shape index (κ2) is 8.07. The molecule has 0 aliphatic carbocycles. The van der Waals surface area contributed by atoms with Crippen molar-refractivity contribution in [2.45, 2.75) is 20.4 Å². The molecule has 0 spiro atoms. The third-order valence-electron chi connectivity index (χ3n) is 4.60. The summed E-state index contributed by atoms with van der Waals surface area (Å²) in [7, 11) is 0. The van der Waals surface area contributed by atoms with E-state index in [1.54, 1.807) is 6.07 Å². The van der Waals surface area contributed by atoms with Crippen molar-refractivity contribution < 1.29 is 4.79 Å². The van der Waals surface area contributed by atoms with E-state index in [4.69, 9.17) is 0 Å². The zero-order chi connectivity index (χ0) is 17.6. The van der Waals surface area contributed by atoms with Crippen molar-refractivity contribution in [3.05, 3.63) is 53.5 Å². The number of amides is 1. The van der Waals surface area contributed by atoms with Crippen LogP contribution < -0.4 is 10.2 Å². The molecule has 1 fully saturated rings. The lowest BCUT2D eigenvalue weighted by atomic mass is 10.1. The normalized spacial score (nSPS) is 15.2. The van der Waals surface area contributed by atoms with Gasteiger partial charge in [-0.25, -0.2) is 9.97 Å². The fourth-order valence-corrected chi connectivity index (χ4v) is 2.92. The first-order valence-corrected chi connectivity index (χ1v) is 8.79. The van der Waals surface area contributed by atoms with E-state index in [0.29, 0.717) is 12.2 Å². The molecule has 132 valence electrons. The Balaban J connectivity index is 1.60. The second-order valence-corrected chi connectivity index (χ2v) is 6.35. The number of hydrogen-bond acceptors (Lipinski definition) is 5. The van der Waals surface area contributed by atoms with Crippen LogP contribution in [0.15, 0.2) is 36.7 Å². The number of carbonyl (C=O) groups is 1. The number of nitrogens with zero attached hydrogens (tertiary/aromatic N) is 4. The number of aryl methyl sites for hydroxylation is 1.